The van der Waals surface area contributed by atoms with Gasteiger partial charge in [0.25, 0.3) is 0 Å². The molecule has 0 bridgehead atoms. The maximum atomic E-state index is 9.52. The molecule has 0 aliphatic rings. The van der Waals surface area contributed by atoms with Crippen LogP contribution < -0.4 is 0 Å². The predicted molar refractivity (Wildman–Crippen MR) is 63.3 cm³/mol. The number of hydrogen-bond acceptors (Lipinski definition) is 1. The van der Waals surface area contributed by atoms with Crippen LogP contribution in [0.2, 0.25) is 5.02 Å². The average molecular weight is 219 g/mol. The van der Waals surface area contributed by atoms with Gasteiger partial charge < -0.3 is 5.11 Å². The van der Waals surface area contributed by atoms with Gasteiger partial charge >= 0.3 is 0 Å². The van der Waals surface area contributed by atoms with E-state index >= 15 is 0 Å². The Balaban J connectivity index is 2.55. The maximum Gasteiger partial charge on any atom is 0.134 e. The Morgan fingerprint density at radius 1 is 1.07 bits per heavy atom. The monoisotopic (exact) mass is 218 g/mol. The van der Waals surface area contributed by atoms with Crippen LogP contribution in [0, 0.1) is 6.92 Å². The van der Waals surface area contributed by atoms with Crippen LogP contribution in [-0.2, 0) is 0 Å². The van der Waals surface area contributed by atoms with Crippen molar-refractivity contribution in [2.75, 3.05) is 0 Å². The fourth-order valence-electron chi connectivity index (χ4n) is 1.58. The molecule has 0 aliphatic heterocycles. The highest BCUT2D eigenvalue weighted by Gasteiger charge is 2.03. The van der Waals surface area contributed by atoms with E-state index in [2.05, 4.69) is 0 Å². The number of rotatable bonds is 1. The molecule has 76 valence electrons. The van der Waals surface area contributed by atoms with Gasteiger partial charge in [-0.15, -0.1) is 0 Å². The molecule has 0 spiro atoms. The summed E-state index contributed by atoms with van der Waals surface area (Å²) in [6.07, 6.45) is 0. The second-order valence-electron chi connectivity index (χ2n) is 3.48. The van der Waals surface area contributed by atoms with Crippen LogP contribution in [0.4, 0.5) is 0 Å². The van der Waals surface area contributed by atoms with Crippen molar-refractivity contribution in [3.05, 3.63) is 53.1 Å². The van der Waals surface area contributed by atoms with Crippen molar-refractivity contribution in [3.8, 4) is 16.9 Å². The van der Waals surface area contributed by atoms with Crippen molar-refractivity contribution in [2.24, 2.45) is 0 Å². The molecule has 2 aromatic carbocycles. The Hall–Kier alpha value is -1.47. The minimum Gasteiger partial charge on any atom is -0.506 e. The molecule has 0 radical (unpaired) electrons. The van der Waals surface area contributed by atoms with Gasteiger partial charge in [-0.1, -0.05) is 41.9 Å². The first-order chi connectivity index (χ1) is 7.18. The van der Waals surface area contributed by atoms with Crippen LogP contribution in [0.3, 0.4) is 0 Å². The smallest absolute Gasteiger partial charge is 0.134 e. The summed E-state index contributed by atoms with van der Waals surface area (Å²) in [5, 5.41) is 9.90. The Kier molecular flexibility index (Phi) is 2.65. The van der Waals surface area contributed by atoms with Gasteiger partial charge in [0.1, 0.15) is 5.75 Å². The minimum atomic E-state index is 0.123. The molecular weight excluding hydrogens is 208 g/mol. The van der Waals surface area contributed by atoms with Crippen molar-refractivity contribution in [1.29, 1.82) is 0 Å². The lowest BCUT2D eigenvalue weighted by atomic mass is 10.0. The zero-order valence-corrected chi connectivity index (χ0v) is 9.12. The minimum absolute atomic E-state index is 0.123. The molecule has 0 atom stereocenters. The molecule has 0 fully saturated rings. The molecule has 0 saturated heterocycles. The zero-order valence-electron chi connectivity index (χ0n) is 8.37. The van der Waals surface area contributed by atoms with Gasteiger partial charge in [-0.25, -0.2) is 0 Å². The molecule has 15 heavy (non-hydrogen) atoms. The van der Waals surface area contributed by atoms with E-state index in [1.54, 1.807) is 12.1 Å². The van der Waals surface area contributed by atoms with Gasteiger partial charge in [0.15, 0.2) is 0 Å². The van der Waals surface area contributed by atoms with Crippen LogP contribution in [0.5, 0.6) is 5.75 Å². The lowest BCUT2D eigenvalue weighted by Gasteiger charge is -2.06. The summed E-state index contributed by atoms with van der Waals surface area (Å²) in [5.41, 5.74) is 3.28. The first-order valence-electron chi connectivity index (χ1n) is 4.73. The molecule has 0 saturated carbocycles. The van der Waals surface area contributed by atoms with E-state index in [4.69, 9.17) is 11.6 Å². The summed E-state index contributed by atoms with van der Waals surface area (Å²) in [5.74, 6) is 0.123. The molecular formula is C13H11ClO. The molecule has 0 amide bonds. The lowest BCUT2D eigenvalue weighted by Crippen LogP contribution is -1.82. The molecule has 0 aromatic heterocycles. The summed E-state index contributed by atoms with van der Waals surface area (Å²) in [6, 6.07) is 13.3. The molecule has 1 nitrogen and oxygen atoms in total. The Morgan fingerprint density at radius 2 is 1.80 bits per heavy atom. The number of aromatic hydroxyl groups is 1. The average Bonchev–Trinajstić information content (AvgIpc) is 2.23. The highest BCUT2D eigenvalue weighted by molar-refractivity contribution is 6.32. The molecule has 2 rings (SSSR count). The van der Waals surface area contributed by atoms with E-state index < -0.39 is 0 Å². The second-order valence-corrected chi connectivity index (χ2v) is 3.89. The van der Waals surface area contributed by atoms with Crippen molar-refractivity contribution < 1.29 is 5.11 Å². The highest BCUT2D eigenvalue weighted by Crippen LogP contribution is 2.30. The number of hydrogen-bond donors (Lipinski definition) is 1. The highest BCUT2D eigenvalue weighted by atomic mass is 35.5. The van der Waals surface area contributed by atoms with E-state index in [1.807, 2.05) is 37.3 Å². The standard InChI is InChI=1S/C13H11ClO/c1-9-4-2-3-5-11(9)10-6-7-12(14)13(15)8-10/h2-8,15H,1H3. The van der Waals surface area contributed by atoms with Crippen LogP contribution in [0.1, 0.15) is 5.56 Å². The van der Waals surface area contributed by atoms with Crippen LogP contribution in [0.25, 0.3) is 11.1 Å². The third-order valence-electron chi connectivity index (χ3n) is 2.40. The zero-order chi connectivity index (χ0) is 10.8. The summed E-state index contributed by atoms with van der Waals surface area (Å²) < 4.78 is 0. The maximum absolute atomic E-state index is 9.52. The Bertz CT molecular complexity index is 492. The van der Waals surface area contributed by atoms with Crippen molar-refractivity contribution in [3.63, 3.8) is 0 Å². The summed E-state index contributed by atoms with van der Waals surface area (Å²) in [6.45, 7) is 2.04. The Labute approximate surface area is 94.0 Å². The van der Waals surface area contributed by atoms with Crippen molar-refractivity contribution in [1.82, 2.24) is 0 Å². The van der Waals surface area contributed by atoms with Gasteiger partial charge in [-0.3, -0.25) is 0 Å². The van der Waals surface area contributed by atoms with Gasteiger partial charge in [0.2, 0.25) is 0 Å². The molecule has 0 aliphatic carbocycles. The molecule has 1 N–H and O–H groups in total. The fourth-order valence-corrected chi connectivity index (χ4v) is 1.69. The SMILES string of the molecule is Cc1ccccc1-c1ccc(Cl)c(O)c1. The topological polar surface area (TPSA) is 20.2 Å². The number of halogens is 1. The van der Waals surface area contributed by atoms with E-state index in [0.717, 1.165) is 11.1 Å². The third-order valence-corrected chi connectivity index (χ3v) is 2.72. The van der Waals surface area contributed by atoms with Crippen LogP contribution in [-0.4, -0.2) is 5.11 Å². The predicted octanol–water partition coefficient (Wildman–Crippen LogP) is 4.02. The van der Waals surface area contributed by atoms with E-state index in [9.17, 15) is 5.11 Å². The number of benzene rings is 2. The van der Waals surface area contributed by atoms with E-state index in [1.165, 1.54) is 5.56 Å². The fraction of sp³-hybridized carbons (Fsp3) is 0.0769. The van der Waals surface area contributed by atoms with Crippen molar-refractivity contribution >= 4 is 11.6 Å². The molecule has 2 heteroatoms. The summed E-state index contributed by atoms with van der Waals surface area (Å²) >= 11 is 5.76. The summed E-state index contributed by atoms with van der Waals surface area (Å²) in [4.78, 5) is 0. The summed E-state index contributed by atoms with van der Waals surface area (Å²) in [7, 11) is 0. The van der Waals surface area contributed by atoms with Gasteiger partial charge in [-0.2, -0.15) is 0 Å². The first kappa shape index (κ1) is 10.1. The molecule has 0 heterocycles. The van der Waals surface area contributed by atoms with Crippen molar-refractivity contribution in [2.45, 2.75) is 6.92 Å². The first-order valence-corrected chi connectivity index (χ1v) is 5.11. The third kappa shape index (κ3) is 1.97. The lowest BCUT2D eigenvalue weighted by molar-refractivity contribution is 0.476. The number of aryl methyl sites for hydroxylation is 1. The van der Waals surface area contributed by atoms with E-state index in [-0.39, 0.29) is 5.75 Å². The Morgan fingerprint density at radius 3 is 2.47 bits per heavy atom. The van der Waals surface area contributed by atoms with Crippen LogP contribution in [0.15, 0.2) is 42.5 Å². The normalized spacial score (nSPS) is 10.3. The van der Waals surface area contributed by atoms with Gasteiger partial charge in [0, 0.05) is 0 Å². The molecule has 2 aromatic rings. The van der Waals surface area contributed by atoms with Crippen LogP contribution >= 0.6 is 11.6 Å². The number of phenolic OH excluding ortho intramolecular Hbond substituents is 1. The molecule has 0 unspecified atom stereocenters. The van der Waals surface area contributed by atoms with Gasteiger partial charge in [0.05, 0.1) is 5.02 Å². The quantitative estimate of drug-likeness (QED) is 0.767. The second kappa shape index (κ2) is 3.95. The van der Waals surface area contributed by atoms with Gasteiger partial charge in [-0.05, 0) is 35.7 Å². The largest absolute Gasteiger partial charge is 0.506 e. The van der Waals surface area contributed by atoms with E-state index in [0.29, 0.717) is 5.02 Å². The number of phenols is 1.